The Bertz CT molecular complexity index is 576. The molecule has 2 rings (SSSR count). The summed E-state index contributed by atoms with van der Waals surface area (Å²) in [6.07, 6.45) is -0.245. The smallest absolute Gasteiger partial charge is 0.319 e. The summed E-state index contributed by atoms with van der Waals surface area (Å²) in [5.41, 5.74) is -0.430. The molecule has 5 nitrogen and oxygen atoms in total. The number of benzene rings is 1. The van der Waals surface area contributed by atoms with E-state index in [1.54, 1.807) is 13.8 Å². The minimum atomic E-state index is -1.19. The first kappa shape index (κ1) is 16.2. The van der Waals surface area contributed by atoms with Crippen molar-refractivity contribution < 1.29 is 23.9 Å². The molecule has 1 heterocycles. The molecule has 0 radical (unpaired) electrons. The molecule has 118 valence electrons. The fourth-order valence-corrected chi connectivity index (χ4v) is 2.65. The molecule has 0 amide bonds. The van der Waals surface area contributed by atoms with E-state index in [4.69, 9.17) is 4.74 Å². The molecule has 1 saturated heterocycles. The Kier molecular flexibility index (Phi) is 4.64. The van der Waals surface area contributed by atoms with Gasteiger partial charge in [0.2, 0.25) is 0 Å². The lowest BCUT2D eigenvalue weighted by atomic mass is 9.73. The van der Waals surface area contributed by atoms with E-state index in [2.05, 4.69) is 4.74 Å². The van der Waals surface area contributed by atoms with Crippen LogP contribution in [0.5, 0.6) is 0 Å². The van der Waals surface area contributed by atoms with Crippen molar-refractivity contribution in [3.8, 4) is 0 Å². The van der Waals surface area contributed by atoms with Crippen molar-refractivity contribution >= 4 is 17.7 Å². The predicted molar refractivity (Wildman–Crippen MR) is 78.8 cm³/mol. The molecule has 0 saturated carbocycles. The van der Waals surface area contributed by atoms with Crippen LogP contribution in [0.2, 0.25) is 0 Å². The highest BCUT2D eigenvalue weighted by Crippen LogP contribution is 2.41. The average Bonchev–Trinajstić information content (AvgIpc) is 2.52. The summed E-state index contributed by atoms with van der Waals surface area (Å²) in [7, 11) is 1.31. The van der Waals surface area contributed by atoms with E-state index >= 15 is 0 Å². The van der Waals surface area contributed by atoms with Crippen LogP contribution in [0.4, 0.5) is 0 Å². The van der Waals surface area contributed by atoms with Gasteiger partial charge < -0.3 is 9.47 Å². The van der Waals surface area contributed by atoms with Gasteiger partial charge in [-0.2, -0.15) is 0 Å². The Morgan fingerprint density at radius 1 is 1.23 bits per heavy atom. The van der Waals surface area contributed by atoms with Crippen LogP contribution in [0.15, 0.2) is 30.3 Å². The third-order valence-corrected chi connectivity index (χ3v) is 4.08. The van der Waals surface area contributed by atoms with Gasteiger partial charge in [0.25, 0.3) is 0 Å². The van der Waals surface area contributed by atoms with Crippen molar-refractivity contribution in [2.75, 3.05) is 7.11 Å². The van der Waals surface area contributed by atoms with Gasteiger partial charge in [0, 0.05) is 6.42 Å². The maximum atomic E-state index is 12.7. The number of hydrogen-bond acceptors (Lipinski definition) is 5. The van der Waals surface area contributed by atoms with Gasteiger partial charge in [0.1, 0.15) is 11.5 Å². The lowest BCUT2D eigenvalue weighted by Gasteiger charge is -2.38. The molecule has 22 heavy (non-hydrogen) atoms. The second-order valence-electron chi connectivity index (χ2n) is 5.95. The highest BCUT2D eigenvalue weighted by Gasteiger charge is 2.50. The zero-order chi connectivity index (χ0) is 16.3. The second kappa shape index (κ2) is 6.30. The first-order valence-corrected chi connectivity index (χ1v) is 7.25. The first-order valence-electron chi connectivity index (χ1n) is 7.25. The van der Waals surface area contributed by atoms with Gasteiger partial charge >= 0.3 is 11.9 Å². The molecule has 1 aromatic rings. The molecule has 0 bridgehead atoms. The zero-order valence-corrected chi connectivity index (χ0v) is 13.0. The van der Waals surface area contributed by atoms with Crippen molar-refractivity contribution in [1.82, 2.24) is 0 Å². The van der Waals surface area contributed by atoms with E-state index in [9.17, 15) is 14.4 Å². The summed E-state index contributed by atoms with van der Waals surface area (Å²) in [6.45, 7) is 3.12. The molecular weight excluding hydrogens is 284 g/mol. The summed E-state index contributed by atoms with van der Waals surface area (Å²) in [6, 6.07) is 9.13. The third-order valence-electron chi connectivity index (χ3n) is 4.08. The lowest BCUT2D eigenvalue weighted by Crippen LogP contribution is -2.47. The van der Waals surface area contributed by atoms with Crippen molar-refractivity contribution in [2.24, 2.45) is 11.3 Å². The van der Waals surface area contributed by atoms with E-state index in [0.717, 1.165) is 5.56 Å². The van der Waals surface area contributed by atoms with Crippen LogP contribution in [0.3, 0.4) is 0 Å². The van der Waals surface area contributed by atoms with Crippen LogP contribution in [-0.4, -0.2) is 24.8 Å². The monoisotopic (exact) mass is 304 g/mol. The van der Waals surface area contributed by atoms with Gasteiger partial charge in [-0.15, -0.1) is 0 Å². The Labute approximate surface area is 129 Å². The number of cyclic esters (lactones) is 1. The second-order valence-corrected chi connectivity index (χ2v) is 5.95. The number of Topliss-reactive ketones (excluding diaryl/α,β-unsaturated/α-hetero) is 1. The fourth-order valence-electron chi connectivity index (χ4n) is 2.65. The summed E-state index contributed by atoms with van der Waals surface area (Å²) in [4.78, 5) is 36.2. The van der Waals surface area contributed by atoms with Gasteiger partial charge in [-0.3, -0.25) is 14.4 Å². The Hall–Kier alpha value is -2.17. The van der Waals surface area contributed by atoms with Crippen molar-refractivity contribution in [3.63, 3.8) is 0 Å². The van der Waals surface area contributed by atoms with Gasteiger partial charge in [-0.25, -0.2) is 0 Å². The van der Waals surface area contributed by atoms with E-state index in [1.807, 2.05) is 30.3 Å². The zero-order valence-electron chi connectivity index (χ0n) is 13.0. The van der Waals surface area contributed by atoms with Gasteiger partial charge in [-0.1, -0.05) is 30.3 Å². The van der Waals surface area contributed by atoms with Crippen LogP contribution in [-0.2, 0) is 23.9 Å². The largest absolute Gasteiger partial charge is 0.469 e. The minimum Gasteiger partial charge on any atom is -0.469 e. The van der Waals surface area contributed by atoms with Gasteiger partial charge in [0.05, 0.1) is 13.0 Å². The van der Waals surface area contributed by atoms with Crippen molar-refractivity contribution in [3.05, 3.63) is 35.9 Å². The minimum absolute atomic E-state index is 0.115. The molecule has 2 unspecified atom stereocenters. The summed E-state index contributed by atoms with van der Waals surface area (Å²) >= 11 is 0. The molecule has 5 heteroatoms. The van der Waals surface area contributed by atoms with Gasteiger partial charge in [0.15, 0.2) is 5.78 Å². The van der Waals surface area contributed by atoms with E-state index in [1.165, 1.54) is 7.11 Å². The number of methoxy groups -OCH3 is 1. The fraction of sp³-hybridized carbons (Fsp3) is 0.471. The molecule has 1 fully saturated rings. The molecule has 0 spiro atoms. The van der Waals surface area contributed by atoms with E-state index in [0.29, 0.717) is 6.42 Å². The van der Waals surface area contributed by atoms with Crippen molar-refractivity contribution in [1.29, 1.82) is 0 Å². The quantitative estimate of drug-likeness (QED) is 0.631. The Morgan fingerprint density at radius 3 is 2.45 bits per heavy atom. The molecule has 0 N–H and O–H groups in total. The summed E-state index contributed by atoms with van der Waals surface area (Å²) in [5, 5.41) is 0. The number of carbonyl (C=O) groups excluding carboxylic acids is 3. The number of hydrogen-bond donors (Lipinski definition) is 0. The van der Waals surface area contributed by atoms with E-state index < -0.39 is 23.4 Å². The summed E-state index contributed by atoms with van der Waals surface area (Å²) < 4.78 is 10.2. The number of esters is 2. The summed E-state index contributed by atoms with van der Waals surface area (Å²) in [5.74, 6) is -1.65. The molecule has 2 atom stereocenters. The van der Waals surface area contributed by atoms with Crippen LogP contribution >= 0.6 is 0 Å². The topological polar surface area (TPSA) is 69.7 Å². The van der Waals surface area contributed by atoms with Crippen LogP contribution in [0, 0.1) is 11.3 Å². The number of ketones is 1. The highest BCUT2D eigenvalue weighted by atomic mass is 16.5. The van der Waals surface area contributed by atoms with Crippen molar-refractivity contribution in [2.45, 2.75) is 32.8 Å². The number of rotatable bonds is 4. The SMILES string of the molecule is COC(=O)CCC1C(=O)C(C)(C)C(=O)OC1c1ccccc1. The predicted octanol–water partition coefficient (Wildman–Crippen LogP) is 2.45. The number of ether oxygens (including phenoxy) is 2. The van der Waals surface area contributed by atoms with Gasteiger partial charge in [-0.05, 0) is 25.8 Å². The average molecular weight is 304 g/mol. The molecule has 1 aliphatic heterocycles. The standard InChI is InChI=1S/C17H20O5/c1-17(2)15(19)12(9-10-13(18)21-3)14(22-16(17)20)11-7-5-4-6-8-11/h4-8,12,14H,9-10H2,1-3H3. The molecule has 0 aliphatic carbocycles. The van der Waals surface area contributed by atoms with Crippen LogP contribution in [0.25, 0.3) is 0 Å². The maximum Gasteiger partial charge on any atom is 0.319 e. The van der Waals surface area contributed by atoms with E-state index in [-0.39, 0.29) is 18.2 Å². The molecule has 1 aromatic carbocycles. The van der Waals surface area contributed by atoms with Crippen LogP contribution in [0.1, 0.15) is 38.4 Å². The normalized spacial score (nSPS) is 23.8. The first-order chi connectivity index (χ1) is 10.4. The molecular formula is C17H20O5. The van der Waals surface area contributed by atoms with Crippen LogP contribution < -0.4 is 0 Å². The highest BCUT2D eigenvalue weighted by molar-refractivity contribution is 6.06. The lowest BCUT2D eigenvalue weighted by molar-refractivity contribution is -0.179. The Balaban J connectivity index is 2.30. The molecule has 1 aliphatic rings. The third kappa shape index (κ3) is 3.03. The maximum absolute atomic E-state index is 12.7. The Morgan fingerprint density at radius 2 is 1.86 bits per heavy atom. The number of carbonyl (C=O) groups is 3. The molecule has 0 aromatic heterocycles.